The summed E-state index contributed by atoms with van der Waals surface area (Å²) < 4.78 is 21.7. The fraction of sp³-hybridized carbons (Fsp3) is 0.458. The third-order valence-corrected chi connectivity index (χ3v) is 4.58. The molecule has 0 fully saturated rings. The van der Waals surface area contributed by atoms with E-state index in [1.165, 1.54) is 21.0 Å². The van der Waals surface area contributed by atoms with Crippen molar-refractivity contribution in [3.05, 3.63) is 54.6 Å². The van der Waals surface area contributed by atoms with Crippen LogP contribution in [0, 0.1) is 5.92 Å². The summed E-state index contributed by atoms with van der Waals surface area (Å²) >= 11 is 0. The Bertz CT molecular complexity index is 756. The fourth-order valence-corrected chi connectivity index (χ4v) is 3.33. The third kappa shape index (κ3) is 8.02. The molecule has 0 bridgehead atoms. The summed E-state index contributed by atoms with van der Waals surface area (Å²) in [5.41, 5.74) is -0.897. The van der Waals surface area contributed by atoms with E-state index in [1.807, 2.05) is 30.3 Å². The minimum atomic E-state index is -1.76. The van der Waals surface area contributed by atoms with Gasteiger partial charge in [0.05, 0.1) is 19.1 Å². The van der Waals surface area contributed by atoms with Crippen LogP contribution in [0.3, 0.4) is 0 Å². The highest BCUT2D eigenvalue weighted by atomic mass is 16.6. The van der Waals surface area contributed by atoms with E-state index in [0.29, 0.717) is 0 Å². The molecule has 0 amide bonds. The van der Waals surface area contributed by atoms with Crippen molar-refractivity contribution in [2.75, 3.05) is 20.3 Å². The number of methoxy groups -OCH3 is 1. The van der Waals surface area contributed by atoms with Crippen molar-refractivity contribution in [1.29, 1.82) is 0 Å². The molecule has 0 saturated heterocycles. The first-order chi connectivity index (χ1) is 14.8. The smallest absolute Gasteiger partial charge is 0.351 e. The lowest BCUT2D eigenvalue weighted by Crippen LogP contribution is -2.55. The molecule has 170 valence electrons. The van der Waals surface area contributed by atoms with E-state index < -0.39 is 35.5 Å². The first kappa shape index (κ1) is 26.1. The van der Waals surface area contributed by atoms with Gasteiger partial charge in [0.1, 0.15) is 6.10 Å². The Kier molecular flexibility index (Phi) is 11.3. The first-order valence-corrected chi connectivity index (χ1v) is 10.2. The molecule has 31 heavy (non-hydrogen) atoms. The van der Waals surface area contributed by atoms with Crippen molar-refractivity contribution >= 4 is 24.0 Å². The van der Waals surface area contributed by atoms with E-state index in [2.05, 4.69) is 6.58 Å². The zero-order valence-electron chi connectivity index (χ0n) is 18.7. The number of hydrogen-bond donors (Lipinski definition) is 0. The number of carbonyl (C=O) groups is 3. The normalized spacial score (nSPS) is 14.8. The molecule has 7 heteroatoms. The number of rotatable bonds is 13. The molecule has 7 nitrogen and oxygen atoms in total. The van der Waals surface area contributed by atoms with Gasteiger partial charge in [-0.3, -0.25) is 9.59 Å². The maximum atomic E-state index is 13.2. The van der Waals surface area contributed by atoms with E-state index in [9.17, 15) is 14.4 Å². The largest absolute Gasteiger partial charge is 0.463 e. The summed E-state index contributed by atoms with van der Waals surface area (Å²) in [6, 6.07) is 9.40. The quantitative estimate of drug-likeness (QED) is 0.267. The topological polar surface area (TPSA) is 88.1 Å². The second-order valence-electron chi connectivity index (χ2n) is 6.91. The monoisotopic (exact) mass is 432 g/mol. The van der Waals surface area contributed by atoms with Crippen LogP contribution in [0.5, 0.6) is 0 Å². The molecule has 1 aromatic rings. The van der Waals surface area contributed by atoms with Gasteiger partial charge in [-0.2, -0.15) is 0 Å². The maximum absolute atomic E-state index is 13.2. The number of carbonyl (C=O) groups excluding carboxylic acids is 3. The van der Waals surface area contributed by atoms with E-state index in [1.54, 1.807) is 25.2 Å². The van der Waals surface area contributed by atoms with Crippen LogP contribution in [0.4, 0.5) is 0 Å². The molecule has 1 aromatic carbocycles. The van der Waals surface area contributed by atoms with Gasteiger partial charge in [0, 0.05) is 33.8 Å². The molecule has 3 atom stereocenters. The van der Waals surface area contributed by atoms with Gasteiger partial charge < -0.3 is 18.9 Å². The lowest BCUT2D eigenvalue weighted by molar-refractivity contribution is -0.196. The molecule has 1 rings (SSSR count). The lowest BCUT2D eigenvalue weighted by atomic mass is 9.78. The number of esters is 3. The highest BCUT2D eigenvalue weighted by Gasteiger charge is 2.53. The van der Waals surface area contributed by atoms with E-state index in [4.69, 9.17) is 18.9 Å². The summed E-state index contributed by atoms with van der Waals surface area (Å²) in [7, 11) is 1.48. The van der Waals surface area contributed by atoms with Gasteiger partial charge in [0.15, 0.2) is 0 Å². The van der Waals surface area contributed by atoms with Crippen LogP contribution in [0.2, 0.25) is 0 Å². The Balaban J connectivity index is 3.66. The number of benzene rings is 1. The molecule has 0 aliphatic carbocycles. The third-order valence-electron chi connectivity index (χ3n) is 4.58. The van der Waals surface area contributed by atoms with Crippen LogP contribution in [-0.2, 0) is 33.3 Å². The van der Waals surface area contributed by atoms with Crippen molar-refractivity contribution in [3.8, 4) is 0 Å². The summed E-state index contributed by atoms with van der Waals surface area (Å²) in [4.78, 5) is 37.1. The second-order valence-corrected chi connectivity index (χ2v) is 6.91. The standard InChI is InChI=1S/C24H32O7/c1-6-11-22(30-18(3)25)21(15-14-20-12-9-8-10-13-20)24(16-17-28-5,31-19(4)26)23(27)29-7-2/h6,8-10,12-15,21-22H,1,7,11,16-17H2,2-5H3/b15-14+/t21-,22+,24+/m0/s1. The Morgan fingerprint density at radius 3 is 2.32 bits per heavy atom. The summed E-state index contributed by atoms with van der Waals surface area (Å²) in [5.74, 6) is -2.78. The summed E-state index contributed by atoms with van der Waals surface area (Å²) in [6.45, 7) is 8.09. The predicted octanol–water partition coefficient (Wildman–Crippen LogP) is 3.73. The van der Waals surface area contributed by atoms with Crippen molar-refractivity contribution in [2.45, 2.75) is 45.3 Å². The van der Waals surface area contributed by atoms with Crippen LogP contribution in [0.25, 0.3) is 6.08 Å². The van der Waals surface area contributed by atoms with Crippen molar-refractivity contribution in [3.63, 3.8) is 0 Å². The number of ether oxygens (including phenoxy) is 4. The molecule has 0 aliphatic rings. The van der Waals surface area contributed by atoms with Gasteiger partial charge in [-0.15, -0.1) is 6.58 Å². The minimum absolute atomic E-state index is 0.0145. The molecule has 0 saturated carbocycles. The first-order valence-electron chi connectivity index (χ1n) is 10.2. The molecule has 0 spiro atoms. The lowest BCUT2D eigenvalue weighted by Gasteiger charge is -2.39. The van der Waals surface area contributed by atoms with Gasteiger partial charge in [-0.25, -0.2) is 4.79 Å². The number of hydrogen-bond acceptors (Lipinski definition) is 7. The van der Waals surface area contributed by atoms with Crippen molar-refractivity contribution in [1.82, 2.24) is 0 Å². The van der Waals surface area contributed by atoms with Crippen LogP contribution >= 0.6 is 0 Å². The minimum Gasteiger partial charge on any atom is -0.463 e. The molecule has 0 aromatic heterocycles. The zero-order valence-corrected chi connectivity index (χ0v) is 18.7. The Morgan fingerprint density at radius 1 is 1.13 bits per heavy atom. The van der Waals surface area contributed by atoms with Crippen LogP contribution in [-0.4, -0.2) is 49.9 Å². The second kappa shape index (κ2) is 13.4. The Labute approximate surface area is 184 Å². The maximum Gasteiger partial charge on any atom is 0.351 e. The van der Waals surface area contributed by atoms with Gasteiger partial charge >= 0.3 is 17.9 Å². The Morgan fingerprint density at radius 2 is 1.81 bits per heavy atom. The predicted molar refractivity (Wildman–Crippen MR) is 117 cm³/mol. The fourth-order valence-electron chi connectivity index (χ4n) is 3.33. The van der Waals surface area contributed by atoms with Crippen molar-refractivity contribution < 1.29 is 33.3 Å². The molecule has 0 heterocycles. The van der Waals surface area contributed by atoms with Crippen LogP contribution in [0.1, 0.15) is 39.2 Å². The van der Waals surface area contributed by atoms with Gasteiger partial charge in [0.2, 0.25) is 5.60 Å². The van der Waals surface area contributed by atoms with Gasteiger partial charge in [-0.1, -0.05) is 48.6 Å². The summed E-state index contributed by atoms with van der Waals surface area (Å²) in [5, 5.41) is 0. The van der Waals surface area contributed by atoms with E-state index in [-0.39, 0.29) is 26.1 Å². The molecule has 0 radical (unpaired) electrons. The Hall–Kier alpha value is -2.93. The van der Waals surface area contributed by atoms with Crippen LogP contribution in [0.15, 0.2) is 49.1 Å². The average Bonchev–Trinajstić information content (AvgIpc) is 2.72. The van der Waals surface area contributed by atoms with Crippen LogP contribution < -0.4 is 0 Å². The molecule has 0 N–H and O–H groups in total. The summed E-state index contributed by atoms with van der Waals surface area (Å²) in [6.07, 6.45) is 4.50. The van der Waals surface area contributed by atoms with E-state index >= 15 is 0 Å². The molecule has 0 unspecified atom stereocenters. The van der Waals surface area contributed by atoms with Gasteiger partial charge in [0.25, 0.3) is 0 Å². The average molecular weight is 433 g/mol. The van der Waals surface area contributed by atoms with Crippen molar-refractivity contribution in [2.24, 2.45) is 5.92 Å². The van der Waals surface area contributed by atoms with E-state index in [0.717, 1.165) is 5.56 Å². The molecule has 0 aliphatic heterocycles. The SMILES string of the molecule is C=CC[C@@H](OC(C)=O)[C@H](/C=C/c1ccccc1)[C@@](CCOC)(OC(C)=O)C(=O)OCC. The van der Waals surface area contributed by atoms with Gasteiger partial charge in [-0.05, 0) is 12.5 Å². The molecular formula is C24H32O7. The highest BCUT2D eigenvalue weighted by Crippen LogP contribution is 2.36. The zero-order chi connectivity index (χ0) is 23.3. The highest BCUT2D eigenvalue weighted by molar-refractivity contribution is 5.84. The molecular weight excluding hydrogens is 400 g/mol.